The van der Waals surface area contributed by atoms with Crippen LogP contribution in [0.5, 0.6) is 5.75 Å². The molecule has 2 N–H and O–H groups in total. The standard InChI is InChI=1S/C18H20FNO3S/c1-14(15-5-3-2-4-6-15)24(21,22)18-9-7-17(8-10-18)23-13-16(19)11-12-20/h2-11,14H,12-13,20H2,1H3. The Hall–Kier alpha value is -2.18. The number of halogens is 1. The SMILES string of the molecule is CC(c1ccccc1)S(=O)(=O)c1ccc(OCC(F)=CCN)cc1. The summed E-state index contributed by atoms with van der Waals surface area (Å²) in [5.74, 6) is -0.0752. The van der Waals surface area contributed by atoms with Crippen molar-refractivity contribution >= 4 is 9.84 Å². The molecule has 0 spiro atoms. The number of nitrogens with two attached hydrogens (primary N) is 1. The van der Waals surface area contributed by atoms with Crippen LogP contribution >= 0.6 is 0 Å². The molecule has 0 saturated heterocycles. The van der Waals surface area contributed by atoms with E-state index in [0.717, 1.165) is 5.56 Å². The molecule has 0 aliphatic heterocycles. The quantitative estimate of drug-likeness (QED) is 0.832. The minimum atomic E-state index is -3.51. The predicted octanol–water partition coefficient (Wildman–Crippen LogP) is 3.41. The van der Waals surface area contributed by atoms with Gasteiger partial charge in [0.05, 0.1) is 10.1 Å². The molecule has 0 bridgehead atoms. The van der Waals surface area contributed by atoms with Crippen molar-refractivity contribution in [2.75, 3.05) is 13.2 Å². The second-order valence-electron chi connectivity index (χ2n) is 5.24. The van der Waals surface area contributed by atoms with Crippen LogP contribution in [0.3, 0.4) is 0 Å². The first kappa shape index (κ1) is 18.2. The van der Waals surface area contributed by atoms with E-state index in [-0.39, 0.29) is 18.0 Å². The van der Waals surface area contributed by atoms with E-state index in [1.54, 1.807) is 19.1 Å². The Kier molecular flexibility index (Phi) is 6.11. The zero-order chi connectivity index (χ0) is 17.6. The molecule has 1 atom stereocenters. The highest BCUT2D eigenvalue weighted by atomic mass is 32.2. The van der Waals surface area contributed by atoms with Crippen molar-refractivity contribution in [1.82, 2.24) is 0 Å². The lowest BCUT2D eigenvalue weighted by Crippen LogP contribution is -2.10. The first-order valence-corrected chi connectivity index (χ1v) is 9.06. The molecule has 2 aromatic rings. The van der Waals surface area contributed by atoms with Gasteiger partial charge in [0, 0.05) is 6.54 Å². The van der Waals surface area contributed by atoms with Crippen LogP contribution in [-0.4, -0.2) is 21.6 Å². The fourth-order valence-electron chi connectivity index (χ4n) is 2.17. The van der Waals surface area contributed by atoms with Crippen molar-refractivity contribution in [2.24, 2.45) is 5.73 Å². The lowest BCUT2D eigenvalue weighted by atomic mass is 10.2. The first-order valence-electron chi connectivity index (χ1n) is 7.51. The highest BCUT2D eigenvalue weighted by Crippen LogP contribution is 2.29. The van der Waals surface area contributed by atoms with Gasteiger partial charge < -0.3 is 10.5 Å². The minimum absolute atomic E-state index is 0.101. The van der Waals surface area contributed by atoms with Crippen LogP contribution in [0.2, 0.25) is 0 Å². The molecule has 2 aromatic carbocycles. The summed E-state index contributed by atoms with van der Waals surface area (Å²) >= 11 is 0. The average molecular weight is 349 g/mol. The van der Waals surface area contributed by atoms with E-state index in [1.807, 2.05) is 18.2 Å². The van der Waals surface area contributed by atoms with Gasteiger partial charge in [-0.2, -0.15) is 0 Å². The summed E-state index contributed by atoms with van der Waals surface area (Å²) in [6.07, 6.45) is 1.22. The van der Waals surface area contributed by atoms with Gasteiger partial charge in [-0.1, -0.05) is 30.3 Å². The topological polar surface area (TPSA) is 69.4 Å². The van der Waals surface area contributed by atoms with Crippen molar-refractivity contribution in [3.8, 4) is 5.75 Å². The molecule has 0 aliphatic carbocycles. The van der Waals surface area contributed by atoms with Crippen LogP contribution in [0.25, 0.3) is 0 Å². The first-order chi connectivity index (χ1) is 11.4. The number of hydrogen-bond donors (Lipinski definition) is 1. The number of benzene rings is 2. The van der Waals surface area contributed by atoms with Crippen LogP contribution in [0.15, 0.2) is 71.4 Å². The number of ether oxygens (including phenoxy) is 1. The van der Waals surface area contributed by atoms with Gasteiger partial charge in [0.1, 0.15) is 18.2 Å². The van der Waals surface area contributed by atoms with E-state index in [1.165, 1.54) is 30.3 Å². The third kappa shape index (κ3) is 4.43. The summed E-state index contributed by atoms with van der Waals surface area (Å²) < 4.78 is 43.8. The van der Waals surface area contributed by atoms with Crippen molar-refractivity contribution in [3.63, 3.8) is 0 Å². The lowest BCUT2D eigenvalue weighted by molar-refractivity contribution is 0.318. The zero-order valence-electron chi connectivity index (χ0n) is 13.4. The van der Waals surface area contributed by atoms with Gasteiger partial charge in [-0.25, -0.2) is 12.8 Å². The second-order valence-corrected chi connectivity index (χ2v) is 7.51. The van der Waals surface area contributed by atoms with E-state index < -0.39 is 20.9 Å². The van der Waals surface area contributed by atoms with E-state index in [9.17, 15) is 12.8 Å². The van der Waals surface area contributed by atoms with Gasteiger partial charge in [-0.05, 0) is 42.8 Å². The fraction of sp³-hybridized carbons (Fsp3) is 0.222. The predicted molar refractivity (Wildman–Crippen MR) is 92.2 cm³/mol. The highest BCUT2D eigenvalue weighted by Gasteiger charge is 2.24. The maximum atomic E-state index is 13.2. The van der Waals surface area contributed by atoms with E-state index in [0.29, 0.717) is 5.75 Å². The Bertz CT molecular complexity index is 787. The number of hydrogen-bond acceptors (Lipinski definition) is 4. The van der Waals surface area contributed by atoms with Crippen molar-refractivity contribution < 1.29 is 17.5 Å². The fourth-order valence-corrected chi connectivity index (χ4v) is 3.61. The number of rotatable bonds is 7. The smallest absolute Gasteiger partial charge is 0.185 e. The van der Waals surface area contributed by atoms with Gasteiger partial charge in [-0.3, -0.25) is 0 Å². The summed E-state index contributed by atoms with van der Waals surface area (Å²) in [6.45, 7) is 1.52. The summed E-state index contributed by atoms with van der Waals surface area (Å²) in [4.78, 5) is 0.198. The lowest BCUT2D eigenvalue weighted by Gasteiger charge is -2.14. The summed E-state index contributed by atoms with van der Waals surface area (Å²) in [7, 11) is -3.51. The van der Waals surface area contributed by atoms with Crippen LogP contribution in [-0.2, 0) is 9.84 Å². The van der Waals surface area contributed by atoms with Crippen LogP contribution < -0.4 is 10.5 Å². The van der Waals surface area contributed by atoms with Gasteiger partial charge in [0.25, 0.3) is 0 Å². The van der Waals surface area contributed by atoms with Crippen molar-refractivity contribution in [3.05, 3.63) is 72.1 Å². The molecule has 2 rings (SSSR count). The van der Waals surface area contributed by atoms with Gasteiger partial charge in [-0.15, -0.1) is 0 Å². The summed E-state index contributed by atoms with van der Waals surface area (Å²) in [6, 6.07) is 15.0. The monoisotopic (exact) mass is 349 g/mol. The van der Waals surface area contributed by atoms with Gasteiger partial charge in [0.15, 0.2) is 9.84 Å². The van der Waals surface area contributed by atoms with E-state index in [2.05, 4.69) is 0 Å². The van der Waals surface area contributed by atoms with Crippen LogP contribution in [0.1, 0.15) is 17.7 Å². The zero-order valence-corrected chi connectivity index (χ0v) is 14.2. The molecule has 0 fully saturated rings. The molecule has 1 unspecified atom stereocenters. The molecule has 0 aromatic heterocycles. The summed E-state index contributed by atoms with van der Waals surface area (Å²) in [5, 5.41) is -0.657. The number of sulfone groups is 1. The normalized spacial score (nSPS) is 13.5. The molecule has 24 heavy (non-hydrogen) atoms. The maximum absolute atomic E-state index is 13.2. The highest BCUT2D eigenvalue weighted by molar-refractivity contribution is 7.91. The van der Waals surface area contributed by atoms with Crippen molar-refractivity contribution in [2.45, 2.75) is 17.1 Å². The maximum Gasteiger partial charge on any atom is 0.185 e. The Morgan fingerprint density at radius 2 is 1.79 bits per heavy atom. The molecular weight excluding hydrogens is 329 g/mol. The van der Waals surface area contributed by atoms with Crippen LogP contribution in [0, 0.1) is 0 Å². The minimum Gasteiger partial charge on any atom is -0.487 e. The van der Waals surface area contributed by atoms with Gasteiger partial charge >= 0.3 is 0 Å². The Morgan fingerprint density at radius 3 is 2.38 bits per heavy atom. The molecule has 6 heteroatoms. The molecule has 0 heterocycles. The van der Waals surface area contributed by atoms with E-state index >= 15 is 0 Å². The Labute approximate surface area is 141 Å². The third-order valence-electron chi connectivity index (χ3n) is 3.60. The molecular formula is C18H20FNO3S. The van der Waals surface area contributed by atoms with Crippen LogP contribution in [0.4, 0.5) is 4.39 Å². The van der Waals surface area contributed by atoms with E-state index in [4.69, 9.17) is 10.5 Å². The molecule has 128 valence electrons. The Balaban J connectivity index is 2.13. The molecule has 4 nitrogen and oxygen atoms in total. The molecule has 0 aliphatic rings. The average Bonchev–Trinajstić information content (AvgIpc) is 2.60. The van der Waals surface area contributed by atoms with Crippen molar-refractivity contribution in [1.29, 1.82) is 0 Å². The van der Waals surface area contributed by atoms with Gasteiger partial charge in [0.2, 0.25) is 0 Å². The third-order valence-corrected chi connectivity index (χ3v) is 5.74. The summed E-state index contributed by atoms with van der Waals surface area (Å²) in [5.41, 5.74) is 5.93. The largest absolute Gasteiger partial charge is 0.487 e. The molecule has 0 radical (unpaired) electrons. The molecule has 0 amide bonds. The Morgan fingerprint density at radius 1 is 1.17 bits per heavy atom. The molecule has 0 saturated carbocycles. The second kappa shape index (κ2) is 8.08.